The summed E-state index contributed by atoms with van der Waals surface area (Å²) in [6, 6.07) is 16.4. The van der Waals surface area contributed by atoms with Gasteiger partial charge < -0.3 is 0 Å². The number of carbonyl (C=O) groups excluding carboxylic acids is 2. The minimum atomic E-state index is -2.76. The van der Waals surface area contributed by atoms with Gasteiger partial charge in [0.15, 0.2) is 0 Å². The fourth-order valence-electron chi connectivity index (χ4n) is 1.53. The minimum absolute atomic E-state index is 0.462. The Hall–Kier alpha value is -2.09. The molecule has 116 valence electrons. The van der Waals surface area contributed by atoms with Crippen LogP contribution in [0.1, 0.15) is 13.8 Å². The van der Waals surface area contributed by atoms with Crippen LogP contribution in [-0.4, -0.2) is 11.9 Å². The van der Waals surface area contributed by atoms with E-state index < -0.39 is 32.6 Å². The fraction of sp³-hybridized carbons (Fsp3) is 0.125. The predicted molar refractivity (Wildman–Crippen MR) is 89.2 cm³/mol. The monoisotopic (exact) mass is 414 g/mol. The summed E-state index contributed by atoms with van der Waals surface area (Å²) in [6.07, 6.45) is 0. The summed E-state index contributed by atoms with van der Waals surface area (Å²) in [5.74, 6) is 0.453. The van der Waals surface area contributed by atoms with Crippen LogP contribution in [0.3, 0.4) is 0 Å². The first-order valence-electron chi connectivity index (χ1n) is 6.45. The van der Waals surface area contributed by atoms with Gasteiger partial charge in [0.1, 0.15) is 0 Å². The molecule has 22 heavy (non-hydrogen) atoms. The maximum atomic E-state index is 11.1. The van der Waals surface area contributed by atoms with Gasteiger partial charge in [-0.15, -0.1) is 0 Å². The summed E-state index contributed by atoms with van der Waals surface area (Å²) < 4.78 is 16.7. The van der Waals surface area contributed by atoms with Crippen LogP contribution in [0.5, 0.6) is 11.5 Å². The van der Waals surface area contributed by atoms with Crippen LogP contribution in [0.25, 0.3) is 0 Å². The van der Waals surface area contributed by atoms with Crippen molar-refractivity contribution in [3.05, 3.63) is 58.2 Å². The fourth-order valence-corrected chi connectivity index (χ4v) is 4.20. The molecule has 0 amide bonds. The Bertz CT molecular complexity index is 623. The molecule has 2 rings (SSSR count). The van der Waals surface area contributed by atoms with Crippen LogP contribution >= 0.6 is 20.6 Å². The second-order valence-corrected chi connectivity index (χ2v) is 7.59. The molecule has 0 saturated carbocycles. The second kappa shape index (κ2) is 7.79. The van der Waals surface area contributed by atoms with Crippen molar-refractivity contribution >= 4 is 32.6 Å². The van der Waals surface area contributed by atoms with E-state index in [4.69, 9.17) is 10.9 Å². The molecular formula is C16H15IO5. The molecule has 0 aliphatic heterocycles. The van der Waals surface area contributed by atoms with E-state index in [1.165, 1.54) is 13.8 Å². The Morgan fingerprint density at radius 1 is 0.773 bits per heavy atom. The van der Waals surface area contributed by atoms with E-state index in [-0.39, 0.29) is 0 Å². The summed E-state index contributed by atoms with van der Waals surface area (Å²) in [5.41, 5.74) is 0. The number of hydrogen-bond acceptors (Lipinski definition) is 5. The molecule has 0 heterocycles. The zero-order chi connectivity index (χ0) is 15.9. The number of carbonyl (C=O) groups is 2. The molecule has 0 saturated heterocycles. The standard InChI is InChI=1S/C16H15IO5/c1-12(18)21-17(22-13(2)19)14-8-10-16(11-9-14)20-15-6-4-3-5-7-15/h3-11H,1-2H3. The van der Waals surface area contributed by atoms with Crippen molar-refractivity contribution in [2.24, 2.45) is 0 Å². The number of para-hydroxylation sites is 1. The van der Waals surface area contributed by atoms with Crippen molar-refractivity contribution < 1.29 is 20.5 Å². The molecule has 0 unspecified atom stereocenters. The average Bonchev–Trinajstić information content (AvgIpc) is 2.47. The number of rotatable bonds is 5. The Morgan fingerprint density at radius 3 is 1.77 bits per heavy atom. The van der Waals surface area contributed by atoms with Gasteiger partial charge in [-0.2, -0.15) is 0 Å². The number of benzene rings is 2. The van der Waals surface area contributed by atoms with E-state index in [1.807, 2.05) is 30.3 Å². The molecule has 0 radical (unpaired) electrons. The summed E-state index contributed by atoms with van der Waals surface area (Å²) in [6.45, 7) is 2.59. The van der Waals surface area contributed by atoms with Crippen LogP contribution in [0.2, 0.25) is 0 Å². The SMILES string of the molecule is CC(=O)OI(OC(C)=O)c1ccc(Oc2ccccc2)cc1. The van der Waals surface area contributed by atoms with E-state index in [9.17, 15) is 9.59 Å². The van der Waals surface area contributed by atoms with E-state index in [0.717, 1.165) is 5.75 Å². The van der Waals surface area contributed by atoms with Crippen LogP contribution in [0, 0.1) is 3.57 Å². The molecule has 0 fully saturated rings. The molecule has 0 aliphatic carbocycles. The Morgan fingerprint density at radius 2 is 1.27 bits per heavy atom. The van der Waals surface area contributed by atoms with Crippen LogP contribution < -0.4 is 4.74 Å². The van der Waals surface area contributed by atoms with Gasteiger partial charge >= 0.3 is 137 Å². The van der Waals surface area contributed by atoms with Gasteiger partial charge in [0.2, 0.25) is 0 Å². The Balaban J connectivity index is 2.11. The summed E-state index contributed by atoms with van der Waals surface area (Å²) in [5, 5.41) is 0. The van der Waals surface area contributed by atoms with Gasteiger partial charge in [0, 0.05) is 0 Å². The van der Waals surface area contributed by atoms with Crippen molar-refractivity contribution in [3.8, 4) is 11.5 Å². The van der Waals surface area contributed by atoms with Crippen molar-refractivity contribution in [1.82, 2.24) is 0 Å². The van der Waals surface area contributed by atoms with Crippen molar-refractivity contribution in [2.75, 3.05) is 0 Å². The topological polar surface area (TPSA) is 61.8 Å². The molecule has 0 bridgehead atoms. The molecule has 0 aromatic heterocycles. The van der Waals surface area contributed by atoms with Crippen LogP contribution in [-0.2, 0) is 15.7 Å². The molecule has 2 aromatic carbocycles. The van der Waals surface area contributed by atoms with Gasteiger partial charge in [-0.05, 0) is 0 Å². The number of ether oxygens (including phenoxy) is 1. The van der Waals surface area contributed by atoms with Crippen molar-refractivity contribution in [1.29, 1.82) is 0 Å². The third kappa shape index (κ3) is 5.03. The molecule has 0 aliphatic rings. The van der Waals surface area contributed by atoms with Crippen molar-refractivity contribution in [3.63, 3.8) is 0 Å². The molecule has 6 heteroatoms. The summed E-state index contributed by atoms with van der Waals surface area (Å²) in [4.78, 5) is 22.2. The van der Waals surface area contributed by atoms with E-state index in [0.29, 0.717) is 9.32 Å². The van der Waals surface area contributed by atoms with Gasteiger partial charge in [0.25, 0.3) is 0 Å². The maximum absolute atomic E-state index is 11.1. The molecule has 0 spiro atoms. The van der Waals surface area contributed by atoms with Gasteiger partial charge in [0.05, 0.1) is 0 Å². The van der Waals surface area contributed by atoms with E-state index in [1.54, 1.807) is 24.3 Å². The van der Waals surface area contributed by atoms with E-state index in [2.05, 4.69) is 0 Å². The second-order valence-electron chi connectivity index (χ2n) is 4.22. The predicted octanol–water partition coefficient (Wildman–Crippen LogP) is 4.11. The molecule has 5 nitrogen and oxygen atoms in total. The number of halogens is 1. The normalized spacial score (nSPS) is 10.5. The van der Waals surface area contributed by atoms with Gasteiger partial charge in [-0.1, -0.05) is 0 Å². The van der Waals surface area contributed by atoms with Gasteiger partial charge in [-0.25, -0.2) is 0 Å². The third-order valence-electron chi connectivity index (χ3n) is 2.33. The van der Waals surface area contributed by atoms with Gasteiger partial charge in [-0.3, -0.25) is 0 Å². The molecule has 0 atom stereocenters. The zero-order valence-electron chi connectivity index (χ0n) is 12.1. The number of hydrogen-bond donors (Lipinski definition) is 0. The summed E-state index contributed by atoms with van der Waals surface area (Å²) in [7, 11) is 0. The van der Waals surface area contributed by atoms with Crippen LogP contribution in [0.15, 0.2) is 54.6 Å². The first kappa shape index (κ1) is 16.3. The first-order valence-corrected chi connectivity index (χ1v) is 9.29. The van der Waals surface area contributed by atoms with Crippen LogP contribution in [0.4, 0.5) is 0 Å². The summed E-state index contributed by atoms with van der Waals surface area (Å²) >= 11 is -2.76. The Labute approximate surface area is 136 Å². The molecule has 2 aromatic rings. The van der Waals surface area contributed by atoms with E-state index >= 15 is 0 Å². The third-order valence-corrected chi connectivity index (χ3v) is 6.10. The molecular weight excluding hydrogens is 399 g/mol. The molecule has 0 N–H and O–H groups in total. The zero-order valence-corrected chi connectivity index (χ0v) is 14.3. The first-order chi connectivity index (χ1) is 10.5. The Kier molecular flexibility index (Phi) is 5.76. The van der Waals surface area contributed by atoms with Crippen molar-refractivity contribution in [2.45, 2.75) is 13.8 Å². The average molecular weight is 414 g/mol. The quantitative estimate of drug-likeness (QED) is 0.690.